The fraction of sp³-hybridized carbons (Fsp3) is 0.588. The normalized spacial score (nSPS) is 23.5. The van der Waals surface area contributed by atoms with Gasteiger partial charge in [0.05, 0.1) is 0 Å². The molecule has 0 radical (unpaired) electrons. The fourth-order valence-corrected chi connectivity index (χ4v) is 4.28. The van der Waals surface area contributed by atoms with Crippen LogP contribution in [-0.2, 0) is 11.3 Å². The van der Waals surface area contributed by atoms with E-state index in [1.54, 1.807) is 11.3 Å². The number of carbonyl (C=O) groups is 1. The van der Waals surface area contributed by atoms with Gasteiger partial charge in [-0.2, -0.15) is 11.3 Å². The molecule has 2 heterocycles. The molecule has 1 saturated carbocycles. The van der Waals surface area contributed by atoms with E-state index in [2.05, 4.69) is 27.0 Å². The highest BCUT2D eigenvalue weighted by molar-refractivity contribution is 7.07. The van der Waals surface area contributed by atoms with E-state index in [-0.39, 0.29) is 5.91 Å². The lowest BCUT2D eigenvalue weighted by Crippen LogP contribution is -2.39. The molecule has 1 aliphatic heterocycles. The lowest BCUT2D eigenvalue weighted by Gasteiger charge is -2.30. The number of nitrogens with one attached hydrogen (secondary N) is 1. The largest absolute Gasteiger partial charge is 0.331 e. The van der Waals surface area contributed by atoms with E-state index >= 15 is 0 Å². The molecular formula is C17H25N3OS. The summed E-state index contributed by atoms with van der Waals surface area (Å²) < 4.78 is 0. The molecule has 1 atom stereocenters. The first kappa shape index (κ1) is 15.7. The maximum absolute atomic E-state index is 12.9. The van der Waals surface area contributed by atoms with E-state index < -0.39 is 0 Å². The van der Waals surface area contributed by atoms with Crippen LogP contribution in [0.25, 0.3) is 0 Å². The summed E-state index contributed by atoms with van der Waals surface area (Å²) in [6.07, 6.45) is 5.36. The second kappa shape index (κ2) is 6.52. The van der Waals surface area contributed by atoms with Crippen LogP contribution >= 0.6 is 11.3 Å². The number of hydrogen-bond acceptors (Lipinski definition) is 4. The highest BCUT2D eigenvalue weighted by atomic mass is 32.1. The zero-order valence-corrected chi connectivity index (χ0v) is 14.0. The minimum absolute atomic E-state index is 0.150. The van der Waals surface area contributed by atoms with Crippen LogP contribution in [0.4, 0.5) is 0 Å². The monoisotopic (exact) mass is 319 g/mol. The van der Waals surface area contributed by atoms with E-state index in [1.165, 1.54) is 18.4 Å². The maximum atomic E-state index is 12.9. The van der Waals surface area contributed by atoms with Gasteiger partial charge in [0.15, 0.2) is 0 Å². The van der Waals surface area contributed by atoms with Crippen molar-refractivity contribution in [1.82, 2.24) is 10.2 Å². The van der Waals surface area contributed by atoms with Gasteiger partial charge >= 0.3 is 0 Å². The summed E-state index contributed by atoms with van der Waals surface area (Å²) in [6, 6.07) is 2.51. The van der Waals surface area contributed by atoms with E-state index in [0.29, 0.717) is 18.0 Å². The third kappa shape index (κ3) is 3.12. The highest BCUT2D eigenvalue weighted by Gasteiger charge is 2.57. The molecule has 3 N–H and O–H groups in total. The average Bonchev–Trinajstić information content (AvgIpc) is 2.97. The molecule has 5 heteroatoms. The van der Waals surface area contributed by atoms with E-state index in [0.717, 1.165) is 31.6 Å². The number of hydrogen-bond donors (Lipinski definition) is 2. The zero-order valence-electron chi connectivity index (χ0n) is 13.2. The molecule has 22 heavy (non-hydrogen) atoms. The fourth-order valence-electron chi connectivity index (χ4n) is 3.62. The Kier molecular flexibility index (Phi) is 4.66. The Bertz CT molecular complexity index is 546. The summed E-state index contributed by atoms with van der Waals surface area (Å²) in [5.74, 6) is 0.150. The molecule has 1 amide bonds. The van der Waals surface area contributed by atoms with Gasteiger partial charge in [-0.05, 0) is 67.1 Å². The molecule has 0 bridgehead atoms. The average molecular weight is 319 g/mol. The molecule has 2 fully saturated rings. The van der Waals surface area contributed by atoms with E-state index in [9.17, 15) is 4.79 Å². The smallest absolute Gasteiger partial charge is 0.249 e. The van der Waals surface area contributed by atoms with Crippen LogP contribution in [0.15, 0.2) is 28.5 Å². The first-order valence-corrected chi connectivity index (χ1v) is 9.00. The number of nitrogens with two attached hydrogens (primary N) is 1. The van der Waals surface area contributed by atoms with Crippen molar-refractivity contribution < 1.29 is 4.79 Å². The van der Waals surface area contributed by atoms with Crippen molar-refractivity contribution in [1.29, 1.82) is 0 Å². The molecule has 2 aliphatic rings. The van der Waals surface area contributed by atoms with Crippen LogP contribution in [0, 0.1) is 5.41 Å². The van der Waals surface area contributed by atoms with Crippen molar-refractivity contribution in [3.8, 4) is 0 Å². The minimum atomic E-state index is 0.150. The molecule has 1 aliphatic carbocycles. The summed E-state index contributed by atoms with van der Waals surface area (Å²) in [5.41, 5.74) is 7.94. The second-order valence-electron chi connectivity index (χ2n) is 6.52. The molecular weight excluding hydrogens is 294 g/mol. The van der Waals surface area contributed by atoms with Crippen LogP contribution in [-0.4, -0.2) is 36.5 Å². The van der Waals surface area contributed by atoms with Gasteiger partial charge in [-0.25, -0.2) is 0 Å². The molecule has 120 valence electrons. The minimum Gasteiger partial charge on any atom is -0.331 e. The third-order valence-electron chi connectivity index (χ3n) is 5.08. The predicted molar refractivity (Wildman–Crippen MR) is 90.6 cm³/mol. The van der Waals surface area contributed by atoms with Crippen molar-refractivity contribution in [2.75, 3.05) is 19.6 Å². The van der Waals surface area contributed by atoms with Gasteiger partial charge in [-0.3, -0.25) is 4.79 Å². The van der Waals surface area contributed by atoms with Gasteiger partial charge in [-0.1, -0.05) is 6.08 Å². The van der Waals surface area contributed by atoms with E-state index in [4.69, 9.17) is 5.73 Å². The molecule has 1 saturated heterocycles. The Hall–Kier alpha value is -1.17. The highest BCUT2D eigenvalue weighted by Crippen LogP contribution is 2.56. The van der Waals surface area contributed by atoms with Crippen LogP contribution < -0.4 is 11.1 Å². The second-order valence-corrected chi connectivity index (χ2v) is 7.30. The first-order valence-electron chi connectivity index (χ1n) is 8.06. The van der Waals surface area contributed by atoms with Crippen LogP contribution in [0.2, 0.25) is 0 Å². The predicted octanol–water partition coefficient (Wildman–Crippen LogP) is 2.12. The molecule has 4 nitrogen and oxygen atoms in total. The lowest BCUT2D eigenvalue weighted by molar-refractivity contribution is -0.129. The van der Waals surface area contributed by atoms with Crippen molar-refractivity contribution >= 4 is 17.2 Å². The molecule has 1 unspecified atom stereocenters. The Labute approximate surface area is 136 Å². The lowest BCUT2D eigenvalue weighted by atomic mass is 9.93. The zero-order chi connectivity index (χ0) is 15.6. The van der Waals surface area contributed by atoms with Gasteiger partial charge in [0.2, 0.25) is 5.91 Å². The third-order valence-corrected chi connectivity index (χ3v) is 5.81. The van der Waals surface area contributed by atoms with Crippen LogP contribution in [0.3, 0.4) is 0 Å². The Morgan fingerprint density at radius 1 is 1.55 bits per heavy atom. The summed E-state index contributed by atoms with van der Waals surface area (Å²) >= 11 is 1.69. The number of piperidine rings is 1. The SMILES string of the molecule is C/C(=C\CN)C(=O)N(Cc1ccsc1)C1CC12CCNCC2. The first-order chi connectivity index (χ1) is 10.7. The van der Waals surface area contributed by atoms with Crippen molar-refractivity contribution in [2.24, 2.45) is 11.1 Å². The van der Waals surface area contributed by atoms with E-state index in [1.807, 2.05) is 13.0 Å². The van der Waals surface area contributed by atoms with Crippen molar-refractivity contribution in [2.45, 2.75) is 38.8 Å². The van der Waals surface area contributed by atoms with Gasteiger partial charge in [0.1, 0.15) is 0 Å². The molecule has 0 aromatic carbocycles. The summed E-state index contributed by atoms with van der Waals surface area (Å²) in [4.78, 5) is 14.9. The molecule has 1 spiro atoms. The summed E-state index contributed by atoms with van der Waals surface area (Å²) in [5, 5.41) is 7.64. The molecule has 1 aromatic heterocycles. The maximum Gasteiger partial charge on any atom is 0.249 e. The van der Waals surface area contributed by atoms with Gasteiger partial charge in [0.25, 0.3) is 0 Å². The summed E-state index contributed by atoms with van der Waals surface area (Å²) in [7, 11) is 0. The Morgan fingerprint density at radius 2 is 2.32 bits per heavy atom. The van der Waals surface area contributed by atoms with Crippen molar-refractivity contribution in [3.63, 3.8) is 0 Å². The molecule has 1 aromatic rings. The number of amides is 1. The number of nitrogens with zero attached hydrogens (tertiary/aromatic N) is 1. The van der Waals surface area contributed by atoms with Gasteiger partial charge in [-0.15, -0.1) is 0 Å². The number of carbonyl (C=O) groups excluding carboxylic acids is 1. The number of thiophene rings is 1. The molecule has 3 rings (SSSR count). The Balaban J connectivity index is 1.78. The number of rotatable bonds is 5. The van der Waals surface area contributed by atoms with Gasteiger partial charge in [0, 0.05) is 24.7 Å². The van der Waals surface area contributed by atoms with Crippen molar-refractivity contribution in [3.05, 3.63) is 34.0 Å². The standard InChI is InChI=1S/C17H25N3OS/c1-13(2-6-18)16(21)20(11-14-3-9-22-12-14)15-10-17(15)4-7-19-8-5-17/h2-3,9,12,15,19H,4-8,10-11,18H2,1H3/b13-2+. The Morgan fingerprint density at radius 3 is 2.95 bits per heavy atom. The quantitative estimate of drug-likeness (QED) is 0.817. The summed E-state index contributed by atoms with van der Waals surface area (Å²) in [6.45, 7) is 5.18. The van der Waals surface area contributed by atoms with Gasteiger partial charge < -0.3 is 16.0 Å². The topological polar surface area (TPSA) is 58.4 Å². The van der Waals surface area contributed by atoms with Crippen LogP contribution in [0.5, 0.6) is 0 Å². The van der Waals surface area contributed by atoms with Crippen LogP contribution in [0.1, 0.15) is 31.7 Å².